The number of nitrogens with zero attached hydrogens (tertiary/aromatic N) is 5. The monoisotopic (exact) mass is 444 g/mol. The normalized spacial score (nSPS) is 12.1. The third-order valence-corrected chi connectivity index (χ3v) is 4.99. The van der Waals surface area contributed by atoms with Gasteiger partial charge in [-0.15, -0.1) is 10.2 Å². The third-order valence-electron chi connectivity index (χ3n) is 4.99. The fourth-order valence-corrected chi connectivity index (χ4v) is 3.43. The minimum Gasteiger partial charge on any atom is -0.326 e. The Balaban J connectivity index is 1.67. The highest BCUT2D eigenvalue weighted by molar-refractivity contribution is 5.93. The summed E-state index contributed by atoms with van der Waals surface area (Å²) in [6, 6.07) is 5.86. The maximum atomic E-state index is 13.1. The Morgan fingerprint density at radius 3 is 2.59 bits per heavy atom. The van der Waals surface area contributed by atoms with E-state index >= 15 is 0 Å². The molecule has 0 fully saturated rings. The molecule has 0 unspecified atom stereocenters. The minimum atomic E-state index is -4.55. The number of rotatable bonds is 4. The van der Waals surface area contributed by atoms with Crippen molar-refractivity contribution >= 4 is 28.1 Å². The van der Waals surface area contributed by atoms with Crippen molar-refractivity contribution < 1.29 is 18.0 Å². The first-order valence-electron chi connectivity index (χ1n) is 9.78. The Kier molecular flexibility index (Phi) is 5.19. The zero-order chi connectivity index (χ0) is 23.2. The molecule has 0 spiro atoms. The molecule has 0 radical (unpaired) electrons. The van der Waals surface area contributed by atoms with E-state index < -0.39 is 23.1 Å². The van der Waals surface area contributed by atoms with Crippen LogP contribution < -0.4 is 10.7 Å². The summed E-state index contributed by atoms with van der Waals surface area (Å²) >= 11 is 0. The molecule has 0 atom stereocenters. The average Bonchev–Trinajstić information content (AvgIpc) is 3.09. The van der Waals surface area contributed by atoms with Crippen molar-refractivity contribution in [3.63, 3.8) is 0 Å². The van der Waals surface area contributed by atoms with Crippen LogP contribution in [0, 0.1) is 6.92 Å². The second kappa shape index (κ2) is 7.74. The van der Waals surface area contributed by atoms with E-state index in [-0.39, 0.29) is 29.1 Å². The molecule has 0 aliphatic carbocycles. The fourth-order valence-electron chi connectivity index (χ4n) is 3.43. The smallest absolute Gasteiger partial charge is 0.326 e. The van der Waals surface area contributed by atoms with Crippen LogP contribution >= 0.6 is 0 Å². The maximum Gasteiger partial charge on any atom is 0.416 e. The molecule has 0 saturated carbocycles. The lowest BCUT2D eigenvalue weighted by Gasteiger charge is -2.17. The third kappa shape index (κ3) is 3.93. The van der Waals surface area contributed by atoms with Gasteiger partial charge in [-0.3, -0.25) is 18.7 Å². The summed E-state index contributed by atoms with van der Waals surface area (Å²) in [5.74, 6) is 0.206. The molecule has 166 valence electrons. The van der Waals surface area contributed by atoms with Crippen molar-refractivity contribution in [3.8, 4) is 0 Å². The molecule has 4 aromatic rings. The summed E-state index contributed by atoms with van der Waals surface area (Å²) in [4.78, 5) is 25.5. The van der Waals surface area contributed by atoms with Gasteiger partial charge in [0.25, 0.3) is 0 Å². The summed E-state index contributed by atoms with van der Waals surface area (Å²) in [5.41, 5.74) is -0.421. The van der Waals surface area contributed by atoms with Gasteiger partial charge in [0.2, 0.25) is 11.3 Å². The molecule has 0 bridgehead atoms. The predicted molar refractivity (Wildman–Crippen MR) is 111 cm³/mol. The number of nitrogens with one attached hydrogen (secondary N) is 1. The summed E-state index contributed by atoms with van der Waals surface area (Å²) < 4.78 is 42.5. The molecule has 1 N–H and O–H groups in total. The van der Waals surface area contributed by atoms with Gasteiger partial charge in [0.15, 0.2) is 5.65 Å². The van der Waals surface area contributed by atoms with Crippen LogP contribution in [0.2, 0.25) is 0 Å². The van der Waals surface area contributed by atoms with Gasteiger partial charge in [-0.2, -0.15) is 18.3 Å². The van der Waals surface area contributed by atoms with Gasteiger partial charge in [0.05, 0.1) is 17.5 Å². The first-order chi connectivity index (χ1) is 15.0. The number of pyridine rings is 1. The second-order valence-electron chi connectivity index (χ2n) is 7.66. The van der Waals surface area contributed by atoms with Crippen LogP contribution in [0.3, 0.4) is 0 Å². The van der Waals surface area contributed by atoms with Crippen molar-refractivity contribution in [1.82, 2.24) is 24.4 Å². The summed E-state index contributed by atoms with van der Waals surface area (Å²) in [7, 11) is 0. The Morgan fingerprint density at radius 2 is 1.91 bits per heavy atom. The molecule has 3 aromatic heterocycles. The molecular weight excluding hydrogens is 425 g/mol. The number of halogens is 3. The summed E-state index contributed by atoms with van der Waals surface area (Å²) in [6.45, 7) is 5.26. The number of carbonyl (C=O) groups is 1. The lowest BCUT2D eigenvalue weighted by atomic mass is 10.1. The van der Waals surface area contributed by atoms with E-state index in [1.54, 1.807) is 43.5 Å². The van der Waals surface area contributed by atoms with Gasteiger partial charge >= 0.3 is 6.18 Å². The minimum absolute atomic E-state index is 0.0529. The van der Waals surface area contributed by atoms with Crippen LogP contribution in [0.25, 0.3) is 16.6 Å². The van der Waals surface area contributed by atoms with Crippen molar-refractivity contribution in [2.24, 2.45) is 0 Å². The standard InChI is InChI=1S/C21H19F3N6O2/c1-11(2)30-17-8-13(21(22,23)24)4-5-15(17)20(32)16(28-30)10-19(31)25-14-6-7-29-12(3)26-27-18(29)9-14/h4-9,11H,10H2,1-3H3,(H,25,31). The Hall–Kier alpha value is -3.76. The first-order valence-corrected chi connectivity index (χ1v) is 9.78. The lowest BCUT2D eigenvalue weighted by Crippen LogP contribution is -2.25. The molecule has 3 heterocycles. The molecule has 0 aliphatic rings. The number of hydrogen-bond acceptors (Lipinski definition) is 5. The second-order valence-corrected chi connectivity index (χ2v) is 7.66. The zero-order valence-corrected chi connectivity index (χ0v) is 17.4. The molecule has 32 heavy (non-hydrogen) atoms. The molecule has 0 saturated heterocycles. The Labute approximate surface area is 179 Å². The van der Waals surface area contributed by atoms with Crippen molar-refractivity contribution in [2.75, 3.05) is 5.32 Å². The molecule has 0 aliphatic heterocycles. The van der Waals surface area contributed by atoms with Crippen LogP contribution in [-0.4, -0.2) is 30.3 Å². The van der Waals surface area contributed by atoms with Gasteiger partial charge in [0, 0.05) is 29.4 Å². The highest BCUT2D eigenvalue weighted by Gasteiger charge is 2.31. The van der Waals surface area contributed by atoms with Crippen molar-refractivity contribution in [1.29, 1.82) is 0 Å². The largest absolute Gasteiger partial charge is 0.416 e. The van der Waals surface area contributed by atoms with Gasteiger partial charge in [-0.25, -0.2) is 0 Å². The molecule has 4 rings (SSSR count). The SMILES string of the molecule is Cc1nnc2cc(NC(=O)Cc3nn(C(C)C)c4cc(C(F)(F)F)ccc4c3=O)ccn12. The molecule has 1 amide bonds. The van der Waals surface area contributed by atoms with E-state index in [2.05, 4.69) is 20.6 Å². The first kappa shape index (κ1) is 21.5. The van der Waals surface area contributed by atoms with E-state index in [0.717, 1.165) is 18.2 Å². The van der Waals surface area contributed by atoms with Crippen molar-refractivity contribution in [3.05, 3.63) is 63.8 Å². The summed E-state index contributed by atoms with van der Waals surface area (Å²) in [5, 5.41) is 14.9. The summed E-state index contributed by atoms with van der Waals surface area (Å²) in [6.07, 6.45) is -3.17. The number of fused-ring (bicyclic) bond motifs is 2. The van der Waals surface area contributed by atoms with Gasteiger partial charge in [-0.05, 0) is 45.0 Å². The average molecular weight is 444 g/mol. The van der Waals surface area contributed by atoms with Crippen LogP contribution in [0.5, 0.6) is 0 Å². The van der Waals surface area contributed by atoms with Crippen LogP contribution in [0.15, 0.2) is 41.3 Å². The highest BCUT2D eigenvalue weighted by Crippen LogP contribution is 2.31. The topological polar surface area (TPSA) is 94.2 Å². The van der Waals surface area contributed by atoms with E-state index in [1.165, 1.54) is 4.68 Å². The molecule has 11 heteroatoms. The lowest BCUT2D eigenvalue weighted by molar-refractivity contribution is -0.137. The molecule has 8 nitrogen and oxygen atoms in total. The molecular formula is C21H19F3N6O2. The number of amides is 1. The number of anilines is 1. The maximum absolute atomic E-state index is 13.1. The van der Waals surface area contributed by atoms with Gasteiger partial charge < -0.3 is 5.32 Å². The Morgan fingerprint density at radius 1 is 1.16 bits per heavy atom. The van der Waals surface area contributed by atoms with Crippen LogP contribution in [0.1, 0.15) is 37.0 Å². The van der Waals surface area contributed by atoms with Crippen molar-refractivity contribution in [2.45, 2.75) is 39.4 Å². The quantitative estimate of drug-likeness (QED) is 0.520. The number of hydrogen-bond donors (Lipinski definition) is 1. The number of aryl methyl sites for hydroxylation is 1. The van der Waals surface area contributed by atoms with E-state index in [0.29, 0.717) is 17.2 Å². The predicted octanol–water partition coefficient (Wildman–Crippen LogP) is 3.53. The van der Waals surface area contributed by atoms with Gasteiger partial charge in [0.1, 0.15) is 11.5 Å². The number of alkyl halides is 3. The number of carbonyl (C=O) groups excluding carboxylic acids is 1. The Bertz CT molecular complexity index is 1400. The fraction of sp³-hybridized carbons (Fsp3) is 0.286. The van der Waals surface area contributed by atoms with Crippen LogP contribution in [0.4, 0.5) is 18.9 Å². The van der Waals surface area contributed by atoms with Gasteiger partial charge in [-0.1, -0.05) is 0 Å². The van der Waals surface area contributed by atoms with E-state index in [9.17, 15) is 22.8 Å². The number of aromatic nitrogens is 5. The van der Waals surface area contributed by atoms with E-state index in [1.807, 2.05) is 0 Å². The zero-order valence-electron chi connectivity index (χ0n) is 17.4. The van der Waals surface area contributed by atoms with E-state index in [4.69, 9.17) is 0 Å². The van der Waals surface area contributed by atoms with Crippen LogP contribution in [-0.2, 0) is 17.4 Å². The highest BCUT2D eigenvalue weighted by atomic mass is 19.4. The number of benzene rings is 1. The molecule has 1 aromatic carbocycles.